The molecule has 0 aliphatic heterocycles. The number of amides is 1. The first-order chi connectivity index (χ1) is 13.4. The summed E-state index contributed by atoms with van der Waals surface area (Å²) in [5, 5.41) is 23.5. The Balaban J connectivity index is 0.00000784. The van der Waals surface area contributed by atoms with Crippen LogP contribution in [0, 0.1) is 18.3 Å². The van der Waals surface area contributed by atoms with Crippen molar-refractivity contribution in [3.05, 3.63) is 35.5 Å². The summed E-state index contributed by atoms with van der Waals surface area (Å²) >= 11 is 0. The zero-order chi connectivity index (χ0) is 20.9. The molecule has 3 N–H and O–H groups in total. The lowest BCUT2D eigenvalue weighted by Gasteiger charge is -2.22. The summed E-state index contributed by atoms with van der Waals surface area (Å²) < 4.78 is 0. The Morgan fingerprint density at radius 2 is 1.90 bits per heavy atom. The van der Waals surface area contributed by atoms with Gasteiger partial charge in [0.25, 0.3) is 5.91 Å². The molecule has 29 heavy (non-hydrogen) atoms. The zero-order valence-corrected chi connectivity index (χ0v) is 18.1. The minimum atomic E-state index is -0.815. The molecule has 0 unspecified atom stereocenters. The molecule has 1 rings (SSSR count). The maximum atomic E-state index is 12.1. The predicted molar refractivity (Wildman–Crippen MR) is 111 cm³/mol. The van der Waals surface area contributed by atoms with Crippen molar-refractivity contribution in [2.75, 3.05) is 29.9 Å². The summed E-state index contributed by atoms with van der Waals surface area (Å²) in [6, 6.07) is 7.94. The van der Waals surface area contributed by atoms with Gasteiger partial charge in [-0.25, -0.2) is 0 Å². The van der Waals surface area contributed by atoms with Gasteiger partial charge in [-0.15, -0.1) is 0 Å². The van der Waals surface area contributed by atoms with Crippen LogP contribution in [0.4, 0.5) is 11.4 Å². The molecular weight excluding hydrogens is 392 g/mol. The van der Waals surface area contributed by atoms with Crippen molar-refractivity contribution in [2.24, 2.45) is 0 Å². The van der Waals surface area contributed by atoms with Gasteiger partial charge in [0, 0.05) is 43.6 Å². The Kier molecular flexibility index (Phi) is 13.0. The van der Waals surface area contributed by atoms with Gasteiger partial charge in [-0.1, -0.05) is 6.42 Å². The molecule has 0 saturated carbocycles. The number of carboxylic acid groups (broad SMARTS) is 1. The van der Waals surface area contributed by atoms with Crippen LogP contribution in [0.15, 0.2) is 30.0 Å². The third-order valence-electron chi connectivity index (χ3n) is 4.43. The summed E-state index contributed by atoms with van der Waals surface area (Å²) in [5.41, 5.74) is 3.00. The Hall–Kier alpha value is -2.72. The fourth-order valence-corrected chi connectivity index (χ4v) is 2.77. The average molecular weight is 422 g/mol. The monoisotopic (exact) mass is 421 g/mol. The number of rotatable bonds is 12. The number of nitrogens with one attached hydrogen (secondary N) is 2. The smallest absolute Gasteiger partial charge is 0.303 e. The highest BCUT2D eigenvalue weighted by atomic mass is 35.5. The number of anilines is 2. The topological polar surface area (TPSA) is 105 Å². The molecule has 0 saturated heterocycles. The summed E-state index contributed by atoms with van der Waals surface area (Å²) in [4.78, 5) is 24.8. The van der Waals surface area contributed by atoms with Crippen molar-refractivity contribution in [1.82, 2.24) is 5.32 Å². The molecule has 0 radical (unpaired) electrons. The number of hydrogen-bond acceptors (Lipinski definition) is 5. The number of hydrogen-bond donors (Lipinski definition) is 3. The number of aryl methyl sites for hydroxylation is 1. The maximum Gasteiger partial charge on any atom is 0.303 e. The van der Waals surface area contributed by atoms with Crippen LogP contribution in [0.2, 0.25) is 0 Å². The number of carbonyl (C=O) groups is 2. The van der Waals surface area contributed by atoms with Gasteiger partial charge in [0.1, 0.15) is 11.6 Å². The molecule has 0 spiro atoms. The minimum Gasteiger partial charge on any atom is -1.00 e. The summed E-state index contributed by atoms with van der Waals surface area (Å²) in [6.45, 7) is 8.46. The summed E-state index contributed by atoms with van der Waals surface area (Å²) in [7, 11) is 0. The first-order valence-electron chi connectivity index (χ1n) is 9.65. The molecule has 1 amide bonds. The van der Waals surface area contributed by atoms with Gasteiger partial charge in [-0.05, 0) is 57.4 Å². The maximum absolute atomic E-state index is 12.1. The van der Waals surface area contributed by atoms with Crippen LogP contribution in [-0.2, 0) is 9.59 Å². The fourth-order valence-electron chi connectivity index (χ4n) is 2.77. The van der Waals surface area contributed by atoms with E-state index in [1.54, 1.807) is 0 Å². The third-order valence-corrected chi connectivity index (χ3v) is 4.43. The van der Waals surface area contributed by atoms with Crippen LogP contribution < -0.4 is 27.9 Å². The van der Waals surface area contributed by atoms with E-state index in [4.69, 9.17) is 5.11 Å². The zero-order valence-electron chi connectivity index (χ0n) is 17.3. The molecule has 160 valence electrons. The Morgan fingerprint density at radius 3 is 2.45 bits per heavy atom. The van der Waals surface area contributed by atoms with Crippen LogP contribution in [0.25, 0.3) is 0 Å². The average Bonchev–Trinajstić information content (AvgIpc) is 2.67. The third kappa shape index (κ3) is 9.35. The van der Waals surface area contributed by atoms with E-state index in [2.05, 4.69) is 35.4 Å². The van der Waals surface area contributed by atoms with Crippen LogP contribution in [0.3, 0.4) is 0 Å². The van der Waals surface area contributed by atoms with Gasteiger partial charge in [0.2, 0.25) is 0 Å². The van der Waals surface area contributed by atoms with Crippen LogP contribution in [0.1, 0.15) is 45.1 Å². The molecule has 7 nitrogen and oxygen atoms in total. The van der Waals surface area contributed by atoms with E-state index in [9.17, 15) is 14.9 Å². The molecular formula is C21H30ClN4O3-. The quantitative estimate of drug-likeness (QED) is 0.257. The fraction of sp³-hybridized carbons (Fsp3) is 0.476. The molecule has 0 aromatic heterocycles. The number of halogens is 1. The highest BCUT2D eigenvalue weighted by Gasteiger charge is 2.09. The molecule has 8 heteroatoms. The van der Waals surface area contributed by atoms with Gasteiger partial charge >= 0.3 is 5.97 Å². The second-order valence-electron chi connectivity index (χ2n) is 6.45. The second kappa shape index (κ2) is 14.3. The number of carboxylic acids is 1. The number of unbranched alkanes of at least 4 members (excludes halogenated alkanes) is 2. The molecule has 1 aromatic carbocycles. The van der Waals surface area contributed by atoms with E-state index in [0.29, 0.717) is 25.8 Å². The van der Waals surface area contributed by atoms with Crippen LogP contribution >= 0.6 is 0 Å². The van der Waals surface area contributed by atoms with E-state index in [0.717, 1.165) is 30.0 Å². The molecule has 0 aliphatic rings. The van der Waals surface area contributed by atoms with Crippen molar-refractivity contribution in [2.45, 2.75) is 46.5 Å². The van der Waals surface area contributed by atoms with E-state index in [-0.39, 0.29) is 24.4 Å². The highest BCUT2D eigenvalue weighted by Crippen LogP contribution is 2.22. The highest BCUT2D eigenvalue weighted by molar-refractivity contribution is 5.97. The predicted octanol–water partition coefficient (Wildman–Crippen LogP) is 0.426. The van der Waals surface area contributed by atoms with E-state index in [1.165, 1.54) is 6.20 Å². The van der Waals surface area contributed by atoms with Crippen LogP contribution in [0.5, 0.6) is 0 Å². The van der Waals surface area contributed by atoms with Crippen molar-refractivity contribution in [1.29, 1.82) is 5.26 Å². The normalized spacial score (nSPS) is 10.5. The molecule has 0 atom stereocenters. The van der Waals surface area contributed by atoms with E-state index >= 15 is 0 Å². The number of carbonyl (C=O) groups excluding carboxylic acids is 1. The van der Waals surface area contributed by atoms with Crippen molar-refractivity contribution >= 4 is 23.3 Å². The number of nitriles is 1. The summed E-state index contributed by atoms with van der Waals surface area (Å²) in [6.07, 6.45) is 3.52. The van der Waals surface area contributed by atoms with Gasteiger partial charge in [-0.2, -0.15) is 5.26 Å². The number of benzene rings is 1. The van der Waals surface area contributed by atoms with Gasteiger partial charge in [0.15, 0.2) is 0 Å². The lowest BCUT2D eigenvalue weighted by Crippen LogP contribution is -3.00. The van der Waals surface area contributed by atoms with Gasteiger partial charge in [0.05, 0.1) is 0 Å². The lowest BCUT2D eigenvalue weighted by atomic mass is 10.1. The molecule has 0 bridgehead atoms. The van der Waals surface area contributed by atoms with Crippen molar-refractivity contribution < 1.29 is 27.1 Å². The molecule has 1 aromatic rings. The van der Waals surface area contributed by atoms with Crippen molar-refractivity contribution in [3.8, 4) is 6.07 Å². The standard InChI is InChI=1S/C21H30N4O3.ClH/c1-4-25(5-2)18-10-11-19(16(3)13-18)24-15-17(14-22)21(28)23-12-8-6-7-9-20(26)27;/h10-11,13,15,24H,4-9,12H2,1-3H3,(H,23,28)(H,26,27);1H/p-1/b17-15-;. The van der Waals surface area contributed by atoms with E-state index < -0.39 is 11.9 Å². The largest absolute Gasteiger partial charge is 1.00 e. The molecule has 0 fully saturated rings. The Bertz CT molecular complexity index is 740. The lowest BCUT2D eigenvalue weighted by molar-refractivity contribution is -0.137. The molecule has 0 heterocycles. The van der Waals surface area contributed by atoms with Gasteiger partial charge in [-0.3, -0.25) is 9.59 Å². The summed E-state index contributed by atoms with van der Waals surface area (Å²) in [5.74, 6) is -1.25. The first kappa shape index (κ1) is 26.3. The second-order valence-corrected chi connectivity index (χ2v) is 6.45. The van der Waals surface area contributed by atoms with Gasteiger partial charge < -0.3 is 33.0 Å². The Labute approximate surface area is 179 Å². The minimum absolute atomic E-state index is 0. The van der Waals surface area contributed by atoms with Crippen molar-refractivity contribution in [3.63, 3.8) is 0 Å². The SMILES string of the molecule is CCN(CC)c1ccc(N/C=C(/C#N)C(=O)NCCCCCC(=O)O)c(C)c1.[Cl-]. The van der Waals surface area contributed by atoms with Crippen LogP contribution in [-0.4, -0.2) is 36.6 Å². The Morgan fingerprint density at radius 1 is 1.21 bits per heavy atom. The first-order valence-corrected chi connectivity index (χ1v) is 9.65. The number of aliphatic carboxylic acids is 1. The number of nitrogens with zero attached hydrogens (tertiary/aromatic N) is 2. The van der Waals surface area contributed by atoms with E-state index in [1.807, 2.05) is 25.1 Å². The molecule has 0 aliphatic carbocycles.